The van der Waals surface area contributed by atoms with E-state index in [0.717, 1.165) is 35.1 Å². The lowest BCUT2D eigenvalue weighted by Crippen LogP contribution is -2.48. The Labute approximate surface area is 181 Å². The van der Waals surface area contributed by atoms with Crippen LogP contribution in [0.3, 0.4) is 0 Å². The van der Waals surface area contributed by atoms with E-state index in [1.807, 2.05) is 36.4 Å². The van der Waals surface area contributed by atoms with Crippen LogP contribution in [0.15, 0.2) is 48.5 Å². The van der Waals surface area contributed by atoms with Crippen molar-refractivity contribution in [2.45, 2.75) is 37.6 Å². The zero-order chi connectivity index (χ0) is 21.8. The monoisotopic (exact) mass is 422 g/mol. The van der Waals surface area contributed by atoms with Gasteiger partial charge in [0.15, 0.2) is 0 Å². The second-order valence-electron chi connectivity index (χ2n) is 7.99. The average Bonchev–Trinajstić information content (AvgIpc) is 3.41. The standard InChI is InChI=1S/C24H26N2O5/c27-22(28)12-11-21(23(29)26-13-5-6-14-26)25-24(30)31-15-20-18-9-3-1-7-16(18)17-8-2-4-10-19(17)20/h1-4,7-10,20-21H,5-6,11-15H2,(H,25,30)(H,27,28). The Kier molecular flexibility index (Phi) is 6.21. The highest BCUT2D eigenvalue weighted by atomic mass is 16.5. The number of nitrogens with one attached hydrogen (secondary N) is 1. The SMILES string of the molecule is O=C(O)CCC(NC(=O)OCC1c2ccccc2-c2ccccc21)C(=O)N1CCCC1. The second-order valence-corrected chi connectivity index (χ2v) is 7.99. The van der Waals surface area contributed by atoms with Crippen molar-refractivity contribution in [3.8, 4) is 11.1 Å². The van der Waals surface area contributed by atoms with Gasteiger partial charge in [0.1, 0.15) is 12.6 Å². The summed E-state index contributed by atoms with van der Waals surface area (Å²) >= 11 is 0. The molecule has 1 atom stereocenters. The first-order valence-corrected chi connectivity index (χ1v) is 10.7. The maximum absolute atomic E-state index is 12.7. The molecule has 2 N–H and O–H groups in total. The van der Waals surface area contributed by atoms with Crippen LogP contribution in [-0.2, 0) is 14.3 Å². The van der Waals surface area contributed by atoms with Gasteiger partial charge in [-0.25, -0.2) is 4.79 Å². The Morgan fingerprint density at radius 1 is 1.00 bits per heavy atom. The first-order chi connectivity index (χ1) is 15.0. The number of likely N-dealkylation sites (tertiary alicyclic amines) is 1. The van der Waals surface area contributed by atoms with Crippen LogP contribution >= 0.6 is 0 Å². The third-order valence-electron chi connectivity index (χ3n) is 6.00. The molecular weight excluding hydrogens is 396 g/mol. The number of carbonyl (C=O) groups excluding carboxylic acids is 2. The third-order valence-corrected chi connectivity index (χ3v) is 6.00. The Hall–Kier alpha value is -3.35. The number of carboxylic acids is 1. The summed E-state index contributed by atoms with van der Waals surface area (Å²) in [5, 5.41) is 11.6. The lowest BCUT2D eigenvalue weighted by molar-refractivity contribution is -0.137. The summed E-state index contributed by atoms with van der Waals surface area (Å²) in [6.07, 6.45) is 0.970. The molecule has 0 bridgehead atoms. The molecule has 7 heteroatoms. The number of hydrogen-bond donors (Lipinski definition) is 2. The van der Waals surface area contributed by atoms with Gasteiger partial charge in [-0.2, -0.15) is 0 Å². The Morgan fingerprint density at radius 2 is 1.58 bits per heavy atom. The zero-order valence-corrected chi connectivity index (χ0v) is 17.3. The number of carbonyl (C=O) groups is 3. The smallest absolute Gasteiger partial charge is 0.407 e. The molecule has 1 aliphatic heterocycles. The number of benzene rings is 2. The molecule has 7 nitrogen and oxygen atoms in total. The van der Waals surface area contributed by atoms with Gasteiger partial charge in [0.05, 0.1) is 0 Å². The number of hydrogen-bond acceptors (Lipinski definition) is 4. The fourth-order valence-corrected chi connectivity index (χ4v) is 4.47. The van der Waals surface area contributed by atoms with E-state index in [2.05, 4.69) is 17.4 Å². The van der Waals surface area contributed by atoms with E-state index in [-0.39, 0.29) is 31.3 Å². The molecule has 4 rings (SSSR count). The molecule has 162 valence electrons. The van der Waals surface area contributed by atoms with Gasteiger partial charge in [-0.05, 0) is 41.5 Å². The van der Waals surface area contributed by atoms with Gasteiger partial charge in [0.25, 0.3) is 0 Å². The van der Waals surface area contributed by atoms with Gasteiger partial charge in [-0.3, -0.25) is 9.59 Å². The summed E-state index contributed by atoms with van der Waals surface area (Å²) in [5.41, 5.74) is 4.48. The molecule has 2 aromatic rings. The minimum Gasteiger partial charge on any atom is -0.481 e. The minimum absolute atomic E-state index is 0.0366. The van der Waals surface area contributed by atoms with E-state index < -0.39 is 18.1 Å². The summed E-state index contributed by atoms with van der Waals surface area (Å²) < 4.78 is 5.52. The van der Waals surface area contributed by atoms with Crippen LogP contribution in [0.25, 0.3) is 11.1 Å². The van der Waals surface area contributed by atoms with Gasteiger partial charge >= 0.3 is 12.1 Å². The molecule has 31 heavy (non-hydrogen) atoms. The topological polar surface area (TPSA) is 95.9 Å². The molecule has 0 radical (unpaired) electrons. The number of ether oxygens (including phenoxy) is 1. The summed E-state index contributed by atoms with van der Waals surface area (Å²) in [6, 6.07) is 15.2. The molecule has 1 heterocycles. The number of alkyl carbamates (subject to hydrolysis) is 1. The maximum atomic E-state index is 12.7. The zero-order valence-electron chi connectivity index (χ0n) is 17.3. The van der Waals surface area contributed by atoms with Crippen molar-refractivity contribution in [2.75, 3.05) is 19.7 Å². The van der Waals surface area contributed by atoms with Crippen LogP contribution in [-0.4, -0.2) is 53.7 Å². The molecule has 2 aliphatic rings. The molecular formula is C24H26N2O5. The van der Waals surface area contributed by atoms with Crippen LogP contribution < -0.4 is 5.32 Å². The third kappa shape index (κ3) is 4.55. The van der Waals surface area contributed by atoms with Crippen molar-refractivity contribution < 1.29 is 24.2 Å². The van der Waals surface area contributed by atoms with Crippen molar-refractivity contribution in [3.05, 3.63) is 59.7 Å². The number of carboxylic acid groups (broad SMARTS) is 1. The van der Waals surface area contributed by atoms with Crippen molar-refractivity contribution in [2.24, 2.45) is 0 Å². The van der Waals surface area contributed by atoms with Crippen LogP contribution in [0.5, 0.6) is 0 Å². The van der Waals surface area contributed by atoms with Crippen LogP contribution in [0.4, 0.5) is 4.79 Å². The van der Waals surface area contributed by atoms with E-state index in [4.69, 9.17) is 9.84 Å². The van der Waals surface area contributed by atoms with Gasteiger partial charge in [-0.15, -0.1) is 0 Å². The van der Waals surface area contributed by atoms with E-state index in [9.17, 15) is 14.4 Å². The lowest BCUT2D eigenvalue weighted by atomic mass is 9.98. The quantitative estimate of drug-likeness (QED) is 0.713. The number of rotatable bonds is 7. The average molecular weight is 422 g/mol. The number of nitrogens with zero attached hydrogens (tertiary/aromatic N) is 1. The van der Waals surface area contributed by atoms with Gasteiger partial charge in [-0.1, -0.05) is 48.5 Å². The molecule has 1 aliphatic carbocycles. The van der Waals surface area contributed by atoms with E-state index in [1.54, 1.807) is 4.90 Å². The summed E-state index contributed by atoms with van der Waals surface area (Å²) in [4.78, 5) is 38.0. The van der Waals surface area contributed by atoms with Crippen LogP contribution in [0.1, 0.15) is 42.7 Å². The molecule has 2 aromatic carbocycles. The highest BCUT2D eigenvalue weighted by Crippen LogP contribution is 2.44. The number of amides is 2. The predicted octanol–water partition coefficient (Wildman–Crippen LogP) is 3.38. The Morgan fingerprint density at radius 3 is 2.16 bits per heavy atom. The molecule has 0 spiro atoms. The van der Waals surface area contributed by atoms with Gasteiger partial charge < -0.3 is 20.1 Å². The van der Waals surface area contributed by atoms with Crippen LogP contribution in [0.2, 0.25) is 0 Å². The highest BCUT2D eigenvalue weighted by Gasteiger charge is 2.31. The number of fused-ring (bicyclic) bond motifs is 3. The Bertz CT molecular complexity index is 938. The fourth-order valence-electron chi connectivity index (χ4n) is 4.47. The summed E-state index contributed by atoms with van der Waals surface area (Å²) in [6.45, 7) is 1.41. The van der Waals surface area contributed by atoms with E-state index in [1.165, 1.54) is 0 Å². The van der Waals surface area contributed by atoms with Crippen molar-refractivity contribution in [3.63, 3.8) is 0 Å². The van der Waals surface area contributed by atoms with Gasteiger partial charge in [0.2, 0.25) is 5.91 Å². The molecule has 0 saturated carbocycles. The normalized spacial score (nSPS) is 15.8. The van der Waals surface area contributed by atoms with Crippen molar-refractivity contribution >= 4 is 18.0 Å². The van der Waals surface area contributed by atoms with E-state index >= 15 is 0 Å². The van der Waals surface area contributed by atoms with Crippen LogP contribution in [0, 0.1) is 0 Å². The fraction of sp³-hybridized carbons (Fsp3) is 0.375. The van der Waals surface area contributed by atoms with Crippen molar-refractivity contribution in [1.82, 2.24) is 10.2 Å². The lowest BCUT2D eigenvalue weighted by Gasteiger charge is -2.24. The minimum atomic E-state index is -1.01. The summed E-state index contributed by atoms with van der Waals surface area (Å²) in [7, 11) is 0. The maximum Gasteiger partial charge on any atom is 0.407 e. The number of aliphatic carboxylic acids is 1. The highest BCUT2D eigenvalue weighted by molar-refractivity contribution is 5.86. The van der Waals surface area contributed by atoms with Gasteiger partial charge in [0, 0.05) is 25.4 Å². The largest absolute Gasteiger partial charge is 0.481 e. The van der Waals surface area contributed by atoms with Crippen molar-refractivity contribution in [1.29, 1.82) is 0 Å². The second kappa shape index (κ2) is 9.20. The molecule has 0 aromatic heterocycles. The van der Waals surface area contributed by atoms with E-state index in [0.29, 0.717) is 13.1 Å². The molecule has 1 fully saturated rings. The Balaban J connectivity index is 1.42. The molecule has 1 unspecified atom stereocenters. The molecule has 2 amide bonds. The molecule has 1 saturated heterocycles. The summed E-state index contributed by atoms with van der Waals surface area (Å²) in [5.74, 6) is -1.33. The predicted molar refractivity (Wildman–Crippen MR) is 115 cm³/mol. The first-order valence-electron chi connectivity index (χ1n) is 10.7. The first kappa shape index (κ1) is 20.9.